The number of para-hydroxylation sites is 1. The average molecular weight is 275 g/mol. The number of hydrogen-bond acceptors (Lipinski definition) is 4. The van der Waals surface area contributed by atoms with Gasteiger partial charge in [0.05, 0.1) is 0 Å². The van der Waals surface area contributed by atoms with Gasteiger partial charge >= 0.3 is 0 Å². The normalized spacial score (nSPS) is 21.9. The standard InChI is InChI=1S/C15H21N3O2/c16-15(17-19)7-8-18(12-5-6-12)10-13-9-11-3-1-2-4-14(11)20-13/h1-4,12-13,19H,5-10H2,(H2,16,17). The van der Waals surface area contributed by atoms with Gasteiger partial charge in [0.1, 0.15) is 17.7 Å². The van der Waals surface area contributed by atoms with E-state index in [1.807, 2.05) is 12.1 Å². The van der Waals surface area contributed by atoms with Crippen molar-refractivity contribution in [3.05, 3.63) is 29.8 Å². The van der Waals surface area contributed by atoms with Gasteiger partial charge in [-0.05, 0) is 24.5 Å². The molecule has 1 aromatic carbocycles. The minimum atomic E-state index is 0.222. The summed E-state index contributed by atoms with van der Waals surface area (Å²) < 4.78 is 6.00. The van der Waals surface area contributed by atoms with Crippen molar-refractivity contribution in [2.75, 3.05) is 13.1 Å². The highest BCUT2D eigenvalue weighted by Gasteiger charge is 2.32. The first-order valence-corrected chi connectivity index (χ1v) is 7.21. The molecule has 0 radical (unpaired) electrons. The fraction of sp³-hybridized carbons (Fsp3) is 0.533. The molecule has 2 aliphatic rings. The van der Waals surface area contributed by atoms with Gasteiger partial charge in [0.25, 0.3) is 0 Å². The third-order valence-corrected chi connectivity index (χ3v) is 4.00. The zero-order valence-electron chi connectivity index (χ0n) is 11.5. The van der Waals surface area contributed by atoms with Crippen LogP contribution in [0.3, 0.4) is 0 Å². The van der Waals surface area contributed by atoms with Crippen LogP contribution in [-0.2, 0) is 6.42 Å². The lowest BCUT2D eigenvalue weighted by atomic mass is 10.1. The maximum atomic E-state index is 8.62. The van der Waals surface area contributed by atoms with E-state index in [9.17, 15) is 0 Å². The van der Waals surface area contributed by atoms with E-state index in [0.29, 0.717) is 18.3 Å². The summed E-state index contributed by atoms with van der Waals surface area (Å²) in [5, 5.41) is 11.7. The first-order chi connectivity index (χ1) is 9.76. The molecule has 1 atom stereocenters. The molecule has 1 aromatic rings. The molecule has 0 aromatic heterocycles. The molecule has 0 bridgehead atoms. The van der Waals surface area contributed by atoms with Crippen molar-refractivity contribution >= 4 is 5.84 Å². The van der Waals surface area contributed by atoms with E-state index in [4.69, 9.17) is 15.7 Å². The Bertz CT molecular complexity index is 475. The SMILES string of the molecule is NC(CCN(CC1Cc2ccccc2O1)C1CC1)=NO. The number of amidine groups is 1. The van der Waals surface area contributed by atoms with Crippen LogP contribution in [0.4, 0.5) is 0 Å². The number of oxime groups is 1. The van der Waals surface area contributed by atoms with Crippen LogP contribution in [0.2, 0.25) is 0 Å². The molecule has 3 N–H and O–H groups in total. The number of fused-ring (bicyclic) bond motifs is 1. The molecule has 1 unspecified atom stereocenters. The lowest BCUT2D eigenvalue weighted by molar-refractivity contribution is 0.147. The molecule has 1 heterocycles. The molecule has 5 heteroatoms. The summed E-state index contributed by atoms with van der Waals surface area (Å²) in [6.07, 6.45) is 4.29. The van der Waals surface area contributed by atoms with Gasteiger partial charge in [0, 0.05) is 32.0 Å². The second kappa shape index (κ2) is 5.71. The molecule has 1 fully saturated rings. The van der Waals surface area contributed by atoms with E-state index in [-0.39, 0.29) is 6.10 Å². The fourth-order valence-electron chi connectivity index (χ4n) is 2.79. The number of ether oxygens (including phenoxy) is 1. The predicted octanol–water partition coefficient (Wildman–Crippen LogP) is 1.59. The average Bonchev–Trinajstić information content (AvgIpc) is 3.22. The molecule has 108 valence electrons. The minimum absolute atomic E-state index is 0.222. The van der Waals surface area contributed by atoms with E-state index in [2.05, 4.69) is 22.2 Å². The molecule has 20 heavy (non-hydrogen) atoms. The summed E-state index contributed by atoms with van der Waals surface area (Å²) in [6, 6.07) is 8.88. The van der Waals surface area contributed by atoms with Crippen LogP contribution < -0.4 is 10.5 Å². The van der Waals surface area contributed by atoms with Crippen LogP contribution in [0.25, 0.3) is 0 Å². The van der Waals surface area contributed by atoms with Crippen LogP contribution in [0, 0.1) is 0 Å². The molecule has 0 saturated heterocycles. The highest BCUT2D eigenvalue weighted by Crippen LogP contribution is 2.31. The Morgan fingerprint density at radius 2 is 2.20 bits per heavy atom. The number of nitrogens with two attached hydrogens (primary N) is 1. The molecule has 1 aliphatic heterocycles. The molecule has 0 amide bonds. The summed E-state index contributed by atoms with van der Waals surface area (Å²) >= 11 is 0. The second-order valence-electron chi connectivity index (χ2n) is 5.62. The number of hydrogen-bond donors (Lipinski definition) is 2. The van der Waals surface area contributed by atoms with Gasteiger partial charge < -0.3 is 15.7 Å². The van der Waals surface area contributed by atoms with Crippen molar-refractivity contribution in [3.8, 4) is 5.75 Å². The number of benzene rings is 1. The molecular weight excluding hydrogens is 254 g/mol. The molecular formula is C15H21N3O2. The third-order valence-electron chi connectivity index (χ3n) is 4.00. The molecule has 0 spiro atoms. The summed E-state index contributed by atoms with van der Waals surface area (Å²) in [6.45, 7) is 1.74. The van der Waals surface area contributed by atoms with E-state index >= 15 is 0 Å². The molecule has 1 aliphatic carbocycles. The van der Waals surface area contributed by atoms with Gasteiger partial charge in [-0.25, -0.2) is 0 Å². The quantitative estimate of drug-likeness (QED) is 0.358. The molecule has 3 rings (SSSR count). The van der Waals surface area contributed by atoms with Gasteiger partial charge in [-0.15, -0.1) is 0 Å². The Morgan fingerprint density at radius 3 is 2.90 bits per heavy atom. The van der Waals surface area contributed by atoms with Gasteiger partial charge in [-0.2, -0.15) is 0 Å². The van der Waals surface area contributed by atoms with Crippen molar-refractivity contribution < 1.29 is 9.94 Å². The molecule has 5 nitrogen and oxygen atoms in total. The lowest BCUT2D eigenvalue weighted by Gasteiger charge is -2.24. The Hall–Kier alpha value is -1.75. The van der Waals surface area contributed by atoms with Crippen molar-refractivity contribution in [2.45, 2.75) is 37.8 Å². The number of rotatable bonds is 6. The van der Waals surface area contributed by atoms with Crippen LogP contribution in [0.5, 0.6) is 5.75 Å². The van der Waals surface area contributed by atoms with Crippen molar-refractivity contribution in [1.29, 1.82) is 0 Å². The van der Waals surface area contributed by atoms with Crippen LogP contribution in [-0.4, -0.2) is 41.2 Å². The highest BCUT2D eigenvalue weighted by atomic mass is 16.5. The summed E-state index contributed by atoms with van der Waals surface area (Å²) in [5.41, 5.74) is 6.86. The summed E-state index contributed by atoms with van der Waals surface area (Å²) in [7, 11) is 0. The van der Waals surface area contributed by atoms with Gasteiger partial charge in [0.2, 0.25) is 0 Å². The summed E-state index contributed by atoms with van der Waals surface area (Å²) in [4.78, 5) is 2.41. The highest BCUT2D eigenvalue weighted by molar-refractivity contribution is 5.79. The zero-order chi connectivity index (χ0) is 13.9. The predicted molar refractivity (Wildman–Crippen MR) is 77.2 cm³/mol. The summed E-state index contributed by atoms with van der Waals surface area (Å²) in [5.74, 6) is 1.32. The fourth-order valence-corrected chi connectivity index (χ4v) is 2.79. The molecule has 1 saturated carbocycles. The topological polar surface area (TPSA) is 71.1 Å². The Balaban J connectivity index is 1.56. The van der Waals surface area contributed by atoms with Gasteiger partial charge in [0.15, 0.2) is 0 Å². The minimum Gasteiger partial charge on any atom is -0.488 e. The largest absolute Gasteiger partial charge is 0.488 e. The van der Waals surface area contributed by atoms with Gasteiger partial charge in [-0.1, -0.05) is 23.4 Å². The van der Waals surface area contributed by atoms with Gasteiger partial charge in [-0.3, -0.25) is 4.90 Å². The van der Waals surface area contributed by atoms with Crippen molar-refractivity contribution in [1.82, 2.24) is 4.90 Å². The van der Waals surface area contributed by atoms with Crippen molar-refractivity contribution in [2.24, 2.45) is 10.9 Å². The third kappa shape index (κ3) is 3.04. The maximum absolute atomic E-state index is 8.62. The van der Waals surface area contributed by atoms with E-state index in [0.717, 1.165) is 25.3 Å². The maximum Gasteiger partial charge on any atom is 0.140 e. The van der Waals surface area contributed by atoms with Crippen LogP contribution in [0.15, 0.2) is 29.4 Å². The van der Waals surface area contributed by atoms with E-state index in [1.54, 1.807) is 0 Å². The number of nitrogens with zero attached hydrogens (tertiary/aromatic N) is 2. The second-order valence-corrected chi connectivity index (χ2v) is 5.62. The van der Waals surface area contributed by atoms with Crippen LogP contribution >= 0.6 is 0 Å². The Kier molecular flexibility index (Phi) is 3.78. The van der Waals surface area contributed by atoms with Crippen molar-refractivity contribution in [3.63, 3.8) is 0 Å². The Morgan fingerprint density at radius 1 is 1.40 bits per heavy atom. The first kappa shape index (κ1) is 13.2. The van der Waals surface area contributed by atoms with E-state index in [1.165, 1.54) is 18.4 Å². The first-order valence-electron chi connectivity index (χ1n) is 7.21. The zero-order valence-corrected chi connectivity index (χ0v) is 11.5. The van der Waals surface area contributed by atoms with Crippen LogP contribution in [0.1, 0.15) is 24.8 Å². The smallest absolute Gasteiger partial charge is 0.140 e. The Labute approximate surface area is 119 Å². The monoisotopic (exact) mass is 275 g/mol. The lowest BCUT2D eigenvalue weighted by Crippen LogP contribution is -2.38. The van der Waals surface area contributed by atoms with E-state index < -0.39 is 0 Å².